The van der Waals surface area contributed by atoms with Gasteiger partial charge in [-0.15, -0.1) is 0 Å². The Morgan fingerprint density at radius 1 is 1.07 bits per heavy atom. The highest BCUT2D eigenvalue weighted by molar-refractivity contribution is 5.81. The summed E-state index contributed by atoms with van der Waals surface area (Å²) in [6.45, 7) is -3.07. The van der Waals surface area contributed by atoms with Crippen molar-refractivity contribution >= 4 is 11.9 Å². The van der Waals surface area contributed by atoms with Crippen molar-refractivity contribution in [3.8, 4) is 11.5 Å². The molecule has 2 rings (SSSR count). The summed E-state index contributed by atoms with van der Waals surface area (Å²) in [6, 6.07) is 10.1. The summed E-state index contributed by atoms with van der Waals surface area (Å²) in [5.74, 6) is -1.63. The quantitative estimate of drug-likeness (QED) is 0.609. The Morgan fingerprint density at radius 2 is 1.76 bits per heavy atom. The molecule has 0 heterocycles. The van der Waals surface area contributed by atoms with E-state index >= 15 is 0 Å². The fraction of sp³-hybridized carbons (Fsp3) is 0.300. The predicted molar refractivity (Wildman–Crippen MR) is 97.4 cm³/mol. The molecule has 6 nitrogen and oxygen atoms in total. The number of benzene rings is 2. The molecule has 156 valence electrons. The monoisotopic (exact) mass is 411 g/mol. The van der Waals surface area contributed by atoms with Gasteiger partial charge < -0.3 is 19.5 Å². The maximum Gasteiger partial charge on any atom is 0.387 e. The normalized spacial score (nSPS) is 10.5. The van der Waals surface area contributed by atoms with Crippen LogP contribution in [0.2, 0.25) is 0 Å². The first kappa shape index (κ1) is 22.1. The molecule has 0 aliphatic heterocycles. The summed E-state index contributed by atoms with van der Waals surface area (Å²) < 4.78 is 51.7. The van der Waals surface area contributed by atoms with Crippen LogP contribution in [0.25, 0.3) is 0 Å². The number of methoxy groups -OCH3 is 1. The van der Waals surface area contributed by atoms with Gasteiger partial charge in [-0.2, -0.15) is 8.78 Å². The number of rotatable bonds is 10. The van der Waals surface area contributed by atoms with Gasteiger partial charge in [-0.3, -0.25) is 9.59 Å². The van der Waals surface area contributed by atoms with Gasteiger partial charge in [-0.25, -0.2) is 4.39 Å². The van der Waals surface area contributed by atoms with Gasteiger partial charge in [0.05, 0.1) is 13.5 Å². The van der Waals surface area contributed by atoms with Crippen LogP contribution in [0.4, 0.5) is 13.2 Å². The first-order valence-corrected chi connectivity index (χ1v) is 8.66. The van der Waals surface area contributed by atoms with Gasteiger partial charge in [0.15, 0.2) is 18.2 Å². The Morgan fingerprint density at radius 3 is 2.38 bits per heavy atom. The van der Waals surface area contributed by atoms with E-state index in [0.29, 0.717) is 12.0 Å². The van der Waals surface area contributed by atoms with Crippen LogP contribution >= 0.6 is 0 Å². The Balaban J connectivity index is 1.67. The van der Waals surface area contributed by atoms with E-state index in [1.165, 1.54) is 31.4 Å². The van der Waals surface area contributed by atoms with Crippen molar-refractivity contribution in [3.63, 3.8) is 0 Å². The number of carbonyl (C=O) groups excluding carboxylic acids is 2. The zero-order valence-corrected chi connectivity index (χ0v) is 15.6. The zero-order chi connectivity index (χ0) is 21.2. The first-order valence-electron chi connectivity index (χ1n) is 8.66. The minimum absolute atomic E-state index is 0.0523. The van der Waals surface area contributed by atoms with E-state index in [1.807, 2.05) is 0 Å². The number of alkyl halides is 2. The van der Waals surface area contributed by atoms with Crippen molar-refractivity contribution in [2.45, 2.75) is 19.5 Å². The molecule has 2 aromatic rings. The molecular formula is C20H20F3NO5. The fourth-order valence-corrected chi connectivity index (χ4v) is 2.42. The van der Waals surface area contributed by atoms with E-state index in [-0.39, 0.29) is 24.5 Å². The van der Waals surface area contributed by atoms with Gasteiger partial charge in [0, 0.05) is 6.54 Å². The van der Waals surface area contributed by atoms with Crippen LogP contribution < -0.4 is 14.8 Å². The van der Waals surface area contributed by atoms with Crippen molar-refractivity contribution in [1.82, 2.24) is 5.32 Å². The van der Waals surface area contributed by atoms with Crippen LogP contribution in [0.3, 0.4) is 0 Å². The molecule has 1 amide bonds. The van der Waals surface area contributed by atoms with E-state index < -0.39 is 30.9 Å². The average molecular weight is 411 g/mol. The van der Waals surface area contributed by atoms with Gasteiger partial charge in [-0.1, -0.05) is 18.2 Å². The van der Waals surface area contributed by atoms with E-state index in [2.05, 4.69) is 10.1 Å². The van der Waals surface area contributed by atoms with Gasteiger partial charge in [0.25, 0.3) is 5.91 Å². The van der Waals surface area contributed by atoms with Crippen molar-refractivity contribution in [2.75, 3.05) is 20.3 Å². The molecule has 0 aliphatic carbocycles. The average Bonchev–Trinajstić information content (AvgIpc) is 2.67. The molecular weight excluding hydrogens is 391 g/mol. The summed E-state index contributed by atoms with van der Waals surface area (Å²) in [6.07, 6.45) is 0.279. The van der Waals surface area contributed by atoms with Gasteiger partial charge in [0.2, 0.25) is 0 Å². The number of carbonyl (C=O) groups is 2. The van der Waals surface area contributed by atoms with Crippen LogP contribution in [0.15, 0.2) is 42.5 Å². The van der Waals surface area contributed by atoms with Crippen LogP contribution in [-0.4, -0.2) is 38.7 Å². The first-order chi connectivity index (χ1) is 13.9. The van der Waals surface area contributed by atoms with E-state index in [9.17, 15) is 22.8 Å². The summed E-state index contributed by atoms with van der Waals surface area (Å²) in [5.41, 5.74) is 1.21. The van der Waals surface area contributed by atoms with Gasteiger partial charge >= 0.3 is 12.6 Å². The second-order valence-electron chi connectivity index (χ2n) is 5.93. The Hall–Kier alpha value is -3.23. The molecule has 0 unspecified atom stereocenters. The smallest absolute Gasteiger partial charge is 0.387 e. The Kier molecular flexibility index (Phi) is 8.32. The summed E-state index contributed by atoms with van der Waals surface area (Å²) in [4.78, 5) is 23.5. The number of hydrogen-bond acceptors (Lipinski definition) is 5. The van der Waals surface area contributed by atoms with Crippen molar-refractivity contribution in [1.29, 1.82) is 0 Å². The number of nitrogens with one attached hydrogen (secondary N) is 1. The highest BCUT2D eigenvalue weighted by Gasteiger charge is 2.11. The molecule has 1 N–H and O–H groups in total. The molecule has 0 atom stereocenters. The number of esters is 1. The van der Waals surface area contributed by atoms with Gasteiger partial charge in [0.1, 0.15) is 5.75 Å². The van der Waals surface area contributed by atoms with Crippen molar-refractivity contribution < 1.29 is 37.0 Å². The number of ether oxygens (including phenoxy) is 3. The van der Waals surface area contributed by atoms with Crippen LogP contribution in [0, 0.1) is 5.82 Å². The van der Waals surface area contributed by atoms with Gasteiger partial charge in [-0.05, 0) is 41.8 Å². The molecule has 0 radical (unpaired) electrons. The van der Waals surface area contributed by atoms with Crippen LogP contribution in [0.5, 0.6) is 11.5 Å². The summed E-state index contributed by atoms with van der Waals surface area (Å²) in [5, 5.41) is 2.58. The lowest BCUT2D eigenvalue weighted by Crippen LogP contribution is -2.30. The van der Waals surface area contributed by atoms with Crippen LogP contribution in [0.1, 0.15) is 11.1 Å². The fourth-order valence-electron chi connectivity index (χ4n) is 2.42. The lowest BCUT2D eigenvalue weighted by atomic mass is 10.1. The molecule has 0 fully saturated rings. The molecule has 0 bridgehead atoms. The zero-order valence-electron chi connectivity index (χ0n) is 15.6. The molecule has 29 heavy (non-hydrogen) atoms. The molecule has 0 aliphatic rings. The SMILES string of the molecule is COc1ccc(CC(=O)OCC(=O)NCCc2ccc(OC(F)F)cc2)cc1F. The topological polar surface area (TPSA) is 73.9 Å². The minimum Gasteiger partial charge on any atom is -0.494 e. The van der Waals surface area contributed by atoms with E-state index in [1.54, 1.807) is 12.1 Å². The second-order valence-corrected chi connectivity index (χ2v) is 5.93. The van der Waals surface area contributed by atoms with Crippen molar-refractivity contribution in [3.05, 3.63) is 59.4 Å². The van der Waals surface area contributed by atoms with Crippen LogP contribution in [-0.2, 0) is 27.2 Å². The van der Waals surface area contributed by atoms with Crippen molar-refractivity contribution in [2.24, 2.45) is 0 Å². The third-order valence-electron chi connectivity index (χ3n) is 3.81. The maximum atomic E-state index is 13.6. The predicted octanol–water partition coefficient (Wildman–Crippen LogP) is 2.88. The summed E-state index contributed by atoms with van der Waals surface area (Å²) >= 11 is 0. The Bertz CT molecular complexity index is 827. The molecule has 9 heteroatoms. The molecule has 2 aromatic carbocycles. The maximum absolute atomic E-state index is 13.6. The standard InChI is InChI=1S/C20H20F3NO5/c1-27-17-7-4-14(10-16(17)21)11-19(26)28-12-18(25)24-9-8-13-2-5-15(6-3-13)29-20(22)23/h2-7,10,20H,8-9,11-12H2,1H3,(H,24,25). The molecule has 0 spiro atoms. The largest absolute Gasteiger partial charge is 0.494 e. The molecule has 0 aromatic heterocycles. The lowest BCUT2D eigenvalue weighted by Gasteiger charge is -2.08. The Labute approximate surface area is 165 Å². The highest BCUT2D eigenvalue weighted by Crippen LogP contribution is 2.18. The lowest BCUT2D eigenvalue weighted by molar-refractivity contribution is -0.147. The third kappa shape index (κ3) is 7.73. The molecule has 0 saturated carbocycles. The summed E-state index contributed by atoms with van der Waals surface area (Å²) in [7, 11) is 1.34. The minimum atomic E-state index is -2.88. The third-order valence-corrected chi connectivity index (χ3v) is 3.81. The number of hydrogen-bond donors (Lipinski definition) is 1. The number of halogens is 3. The second kappa shape index (κ2) is 10.9. The highest BCUT2D eigenvalue weighted by atomic mass is 19.3. The van der Waals surface area contributed by atoms with E-state index in [0.717, 1.165) is 11.6 Å². The van der Waals surface area contributed by atoms with E-state index in [4.69, 9.17) is 9.47 Å². The molecule has 0 saturated heterocycles. The number of amides is 1.